The number of nitrogens with one attached hydrogen (secondary N) is 1. The second-order valence-electron chi connectivity index (χ2n) is 5.71. The average molecular weight is 292 g/mol. The molecule has 0 spiro atoms. The van der Waals surface area contributed by atoms with E-state index in [0.717, 1.165) is 0 Å². The quantitative estimate of drug-likeness (QED) is 0.930. The van der Waals surface area contributed by atoms with Crippen molar-refractivity contribution in [1.29, 1.82) is 0 Å². The van der Waals surface area contributed by atoms with E-state index in [1.54, 1.807) is 26.0 Å². The van der Waals surface area contributed by atoms with E-state index in [4.69, 9.17) is 0 Å². The zero-order chi connectivity index (χ0) is 15.8. The van der Waals surface area contributed by atoms with Crippen LogP contribution in [0.4, 0.5) is 10.1 Å². The van der Waals surface area contributed by atoms with E-state index in [-0.39, 0.29) is 17.6 Å². The van der Waals surface area contributed by atoms with Crippen LogP contribution in [0.2, 0.25) is 0 Å². The number of halogens is 1. The first kappa shape index (κ1) is 15.5. The first-order valence-electron chi connectivity index (χ1n) is 7.26. The van der Waals surface area contributed by atoms with Gasteiger partial charge in [-0.3, -0.25) is 14.5 Å². The molecule has 1 aromatic carbocycles. The highest BCUT2D eigenvalue weighted by molar-refractivity contribution is 6.10. The molecule has 0 aromatic heterocycles. The fourth-order valence-corrected chi connectivity index (χ4v) is 2.57. The molecular formula is C16H21FN2O2. The normalized spacial score (nSPS) is 26.0. The van der Waals surface area contributed by atoms with E-state index in [2.05, 4.69) is 5.32 Å². The number of benzene rings is 1. The van der Waals surface area contributed by atoms with E-state index < -0.39 is 11.6 Å². The van der Waals surface area contributed by atoms with Crippen molar-refractivity contribution in [1.82, 2.24) is 5.32 Å². The summed E-state index contributed by atoms with van der Waals surface area (Å²) in [7, 11) is 0. The summed E-state index contributed by atoms with van der Waals surface area (Å²) in [5.74, 6) is -0.763. The topological polar surface area (TPSA) is 49.4 Å². The second-order valence-corrected chi connectivity index (χ2v) is 5.71. The Bertz CT molecular complexity index is 588. The number of hydrogen-bond donors (Lipinski definition) is 1. The van der Waals surface area contributed by atoms with Crippen molar-refractivity contribution in [2.75, 3.05) is 4.90 Å². The van der Waals surface area contributed by atoms with Crippen molar-refractivity contribution in [3.05, 3.63) is 29.6 Å². The highest BCUT2D eigenvalue weighted by Crippen LogP contribution is 2.29. The van der Waals surface area contributed by atoms with E-state index >= 15 is 0 Å². The third kappa shape index (κ3) is 2.52. The van der Waals surface area contributed by atoms with Gasteiger partial charge in [-0.05, 0) is 44.4 Å². The lowest BCUT2D eigenvalue weighted by atomic mass is 9.90. The largest absolute Gasteiger partial charge is 0.340 e. The van der Waals surface area contributed by atoms with Crippen LogP contribution in [0, 0.1) is 12.7 Å². The number of amides is 2. The fourth-order valence-electron chi connectivity index (χ4n) is 2.57. The average Bonchev–Trinajstić information content (AvgIpc) is 2.45. The highest BCUT2D eigenvalue weighted by atomic mass is 19.1. The Morgan fingerprint density at radius 1 is 1.33 bits per heavy atom. The molecule has 2 rings (SSSR count). The summed E-state index contributed by atoms with van der Waals surface area (Å²) in [5, 5.41) is 2.80. The minimum Gasteiger partial charge on any atom is -0.340 e. The Kier molecular flexibility index (Phi) is 4.03. The summed E-state index contributed by atoms with van der Waals surface area (Å²) < 4.78 is 13.8. The minimum atomic E-state index is -0.940. The van der Waals surface area contributed by atoms with Gasteiger partial charge in [0.15, 0.2) is 0 Å². The Balaban J connectivity index is 2.51. The van der Waals surface area contributed by atoms with Gasteiger partial charge in [-0.25, -0.2) is 4.39 Å². The van der Waals surface area contributed by atoms with Gasteiger partial charge in [-0.15, -0.1) is 0 Å². The summed E-state index contributed by atoms with van der Waals surface area (Å²) in [6.07, 6.45) is 0.964. The van der Waals surface area contributed by atoms with Gasteiger partial charge < -0.3 is 5.32 Å². The Labute approximate surface area is 124 Å². The lowest BCUT2D eigenvalue weighted by molar-refractivity contribution is -0.138. The number of rotatable bonds is 3. The number of piperazine rings is 1. The van der Waals surface area contributed by atoms with E-state index in [1.165, 1.54) is 11.0 Å². The van der Waals surface area contributed by atoms with Crippen molar-refractivity contribution in [2.24, 2.45) is 0 Å². The molecule has 2 unspecified atom stereocenters. The predicted molar refractivity (Wildman–Crippen MR) is 79.5 cm³/mol. The maximum absolute atomic E-state index is 13.8. The predicted octanol–water partition coefficient (Wildman–Crippen LogP) is 2.54. The smallest absolute Gasteiger partial charge is 0.253 e. The zero-order valence-electron chi connectivity index (χ0n) is 12.9. The summed E-state index contributed by atoms with van der Waals surface area (Å²) in [6, 6.07) is 4.04. The minimum absolute atomic E-state index is 0.192. The van der Waals surface area contributed by atoms with Crippen molar-refractivity contribution in [2.45, 2.75) is 52.1 Å². The number of carbonyl (C=O) groups is 2. The van der Waals surface area contributed by atoms with E-state index in [1.807, 2.05) is 13.8 Å². The van der Waals surface area contributed by atoms with Gasteiger partial charge in [0.25, 0.3) is 5.91 Å². The van der Waals surface area contributed by atoms with E-state index in [0.29, 0.717) is 24.1 Å². The van der Waals surface area contributed by atoms with Crippen LogP contribution in [0.3, 0.4) is 0 Å². The lowest BCUT2D eigenvalue weighted by Gasteiger charge is -2.43. The molecule has 0 radical (unpaired) electrons. The van der Waals surface area contributed by atoms with Gasteiger partial charge in [0.05, 0.1) is 0 Å². The van der Waals surface area contributed by atoms with Crippen LogP contribution >= 0.6 is 0 Å². The molecule has 0 saturated carbocycles. The monoisotopic (exact) mass is 292 g/mol. The Morgan fingerprint density at radius 3 is 2.52 bits per heavy atom. The molecule has 0 bridgehead atoms. The standard InChI is InChI=1S/C16H21FN2O2/c1-5-13-14(20)18-16(4,6-2)15(21)19(13)11-8-7-10(3)12(17)9-11/h7-9,13H,5-6H2,1-4H3,(H,18,20). The third-order valence-electron chi connectivity index (χ3n) is 4.23. The van der Waals surface area contributed by atoms with Crippen LogP contribution in [-0.4, -0.2) is 23.4 Å². The van der Waals surface area contributed by atoms with Crippen LogP contribution < -0.4 is 10.2 Å². The molecule has 1 aliphatic heterocycles. The first-order valence-corrected chi connectivity index (χ1v) is 7.26. The molecule has 1 saturated heterocycles. The van der Waals surface area contributed by atoms with Crippen LogP contribution in [0.25, 0.3) is 0 Å². The van der Waals surface area contributed by atoms with Crippen LogP contribution in [0.15, 0.2) is 18.2 Å². The Hall–Kier alpha value is -1.91. The molecule has 1 aliphatic rings. The van der Waals surface area contributed by atoms with Crippen molar-refractivity contribution < 1.29 is 14.0 Å². The van der Waals surface area contributed by atoms with E-state index in [9.17, 15) is 14.0 Å². The molecule has 5 heteroatoms. The SMILES string of the molecule is CCC1C(=O)NC(C)(CC)C(=O)N1c1ccc(C)c(F)c1. The molecule has 1 heterocycles. The van der Waals surface area contributed by atoms with Crippen LogP contribution in [-0.2, 0) is 9.59 Å². The van der Waals surface area contributed by atoms with Gasteiger partial charge in [0.1, 0.15) is 17.4 Å². The number of carbonyl (C=O) groups excluding carboxylic acids is 2. The summed E-state index contributed by atoms with van der Waals surface area (Å²) in [5.41, 5.74) is 0.00727. The summed E-state index contributed by atoms with van der Waals surface area (Å²) in [4.78, 5) is 26.5. The van der Waals surface area contributed by atoms with Gasteiger partial charge in [-0.1, -0.05) is 19.9 Å². The molecule has 0 aliphatic carbocycles. The molecular weight excluding hydrogens is 271 g/mol. The van der Waals surface area contributed by atoms with Gasteiger partial charge in [-0.2, -0.15) is 0 Å². The molecule has 114 valence electrons. The molecule has 1 N–H and O–H groups in total. The molecule has 1 aromatic rings. The van der Waals surface area contributed by atoms with Crippen LogP contribution in [0.5, 0.6) is 0 Å². The summed E-state index contributed by atoms with van der Waals surface area (Å²) >= 11 is 0. The molecule has 4 nitrogen and oxygen atoms in total. The first-order chi connectivity index (χ1) is 9.84. The summed E-state index contributed by atoms with van der Waals surface area (Å²) in [6.45, 7) is 7.05. The highest BCUT2D eigenvalue weighted by Gasteiger charge is 2.47. The Morgan fingerprint density at radius 2 is 2.00 bits per heavy atom. The number of aryl methyl sites for hydroxylation is 1. The third-order valence-corrected chi connectivity index (χ3v) is 4.23. The number of nitrogens with zero attached hydrogens (tertiary/aromatic N) is 1. The maximum atomic E-state index is 13.8. The fraction of sp³-hybridized carbons (Fsp3) is 0.500. The molecule has 2 amide bonds. The van der Waals surface area contributed by atoms with Crippen molar-refractivity contribution in [3.8, 4) is 0 Å². The van der Waals surface area contributed by atoms with Crippen LogP contribution in [0.1, 0.15) is 39.2 Å². The van der Waals surface area contributed by atoms with Crippen molar-refractivity contribution >= 4 is 17.5 Å². The molecule has 21 heavy (non-hydrogen) atoms. The molecule has 1 fully saturated rings. The van der Waals surface area contributed by atoms with Gasteiger partial charge in [0.2, 0.25) is 5.91 Å². The second kappa shape index (κ2) is 5.47. The lowest BCUT2D eigenvalue weighted by Crippen LogP contribution is -2.69. The molecule has 2 atom stereocenters. The number of hydrogen-bond acceptors (Lipinski definition) is 2. The van der Waals surface area contributed by atoms with Gasteiger partial charge in [0, 0.05) is 5.69 Å². The maximum Gasteiger partial charge on any atom is 0.253 e. The van der Waals surface area contributed by atoms with Crippen molar-refractivity contribution in [3.63, 3.8) is 0 Å². The zero-order valence-corrected chi connectivity index (χ0v) is 12.9. The number of anilines is 1. The van der Waals surface area contributed by atoms with Gasteiger partial charge >= 0.3 is 0 Å².